The molecule has 2 aromatic rings. The van der Waals surface area contributed by atoms with E-state index in [1.54, 1.807) is 0 Å². The van der Waals surface area contributed by atoms with Crippen LogP contribution in [0.2, 0.25) is 5.02 Å². The summed E-state index contributed by atoms with van der Waals surface area (Å²) in [5.74, 6) is 1.57. The molecule has 0 amide bonds. The van der Waals surface area contributed by atoms with Crippen LogP contribution in [-0.2, 0) is 0 Å². The lowest BCUT2D eigenvalue weighted by atomic mass is 10.2. The normalized spacial score (nSPS) is 10.6. The van der Waals surface area contributed by atoms with Gasteiger partial charge in [-0.3, -0.25) is 0 Å². The molecule has 0 spiro atoms. The van der Waals surface area contributed by atoms with Crippen LogP contribution in [0.15, 0.2) is 22.7 Å². The maximum atomic E-state index is 6.12. The Hall–Kier alpha value is -1.13. The highest BCUT2D eigenvalue weighted by Gasteiger charge is 2.10. The number of aromatic nitrogens is 2. The van der Waals surface area contributed by atoms with Crippen LogP contribution in [0.5, 0.6) is 0 Å². The number of rotatable bonds is 3. The summed E-state index contributed by atoms with van der Waals surface area (Å²) in [6, 6.07) is 5.73. The van der Waals surface area contributed by atoms with Crippen molar-refractivity contribution in [3.63, 3.8) is 0 Å². The Morgan fingerprint density at radius 3 is 2.63 bits per heavy atom. The molecule has 0 atom stereocenters. The lowest BCUT2D eigenvalue weighted by molar-refractivity contribution is 1.05. The molecule has 0 aliphatic rings. The summed E-state index contributed by atoms with van der Waals surface area (Å²) in [7, 11) is 0. The van der Waals surface area contributed by atoms with Crippen LogP contribution in [0.25, 0.3) is 11.4 Å². The van der Waals surface area contributed by atoms with E-state index in [0.717, 1.165) is 33.7 Å². The highest BCUT2D eigenvalue weighted by atomic mass is 79.9. The third-order valence-corrected chi connectivity index (χ3v) is 4.14. The van der Waals surface area contributed by atoms with Gasteiger partial charge in [-0.1, -0.05) is 11.6 Å². The van der Waals surface area contributed by atoms with Crippen LogP contribution in [0.4, 0.5) is 5.82 Å². The Labute approximate surface area is 126 Å². The molecule has 19 heavy (non-hydrogen) atoms. The van der Waals surface area contributed by atoms with Gasteiger partial charge in [-0.05, 0) is 54.9 Å². The summed E-state index contributed by atoms with van der Waals surface area (Å²) in [5.41, 5.74) is 2.96. The van der Waals surface area contributed by atoms with Crippen molar-refractivity contribution >= 4 is 33.3 Å². The molecule has 0 aliphatic carbocycles. The number of hydrogen-bond donors (Lipinski definition) is 1. The minimum atomic E-state index is 0.657. The van der Waals surface area contributed by atoms with Crippen molar-refractivity contribution in [3.05, 3.63) is 39.0 Å². The second-order valence-corrected chi connectivity index (χ2v) is 5.53. The van der Waals surface area contributed by atoms with E-state index in [1.807, 2.05) is 39.0 Å². The van der Waals surface area contributed by atoms with E-state index in [2.05, 4.69) is 31.2 Å². The van der Waals surface area contributed by atoms with Gasteiger partial charge in [-0.2, -0.15) is 0 Å². The van der Waals surface area contributed by atoms with E-state index < -0.39 is 0 Å². The highest BCUT2D eigenvalue weighted by molar-refractivity contribution is 9.10. The minimum Gasteiger partial charge on any atom is -0.370 e. The van der Waals surface area contributed by atoms with Gasteiger partial charge in [0.1, 0.15) is 5.82 Å². The number of benzene rings is 1. The lowest BCUT2D eigenvalue weighted by Crippen LogP contribution is -2.06. The molecule has 0 radical (unpaired) electrons. The van der Waals surface area contributed by atoms with Gasteiger partial charge in [-0.15, -0.1) is 0 Å². The molecule has 5 heteroatoms. The summed E-state index contributed by atoms with van der Waals surface area (Å²) < 4.78 is 0.869. The zero-order valence-corrected chi connectivity index (χ0v) is 13.4. The summed E-state index contributed by atoms with van der Waals surface area (Å²) in [5, 5.41) is 3.92. The fourth-order valence-corrected chi connectivity index (χ4v) is 2.16. The molecule has 0 saturated carbocycles. The van der Waals surface area contributed by atoms with Gasteiger partial charge in [-0.25, -0.2) is 9.97 Å². The molecular formula is C14H15BrClN3. The van der Waals surface area contributed by atoms with Gasteiger partial charge >= 0.3 is 0 Å². The van der Waals surface area contributed by atoms with Gasteiger partial charge in [0.25, 0.3) is 0 Å². The van der Waals surface area contributed by atoms with E-state index in [9.17, 15) is 0 Å². The zero-order valence-electron chi connectivity index (χ0n) is 11.1. The summed E-state index contributed by atoms with van der Waals surface area (Å²) in [6.07, 6.45) is 0. The highest BCUT2D eigenvalue weighted by Crippen LogP contribution is 2.28. The Bertz CT molecular complexity index is 614. The first-order valence-corrected chi connectivity index (χ1v) is 7.24. The number of aryl methyl sites for hydroxylation is 1. The molecule has 0 saturated heterocycles. The predicted octanol–water partition coefficient (Wildman–Crippen LogP) is 4.61. The number of nitrogens with one attached hydrogen (secondary N) is 1. The number of nitrogens with zero attached hydrogens (tertiary/aromatic N) is 2. The Kier molecular flexibility index (Phi) is 4.42. The lowest BCUT2D eigenvalue weighted by Gasteiger charge is -2.11. The van der Waals surface area contributed by atoms with Gasteiger partial charge in [0.05, 0.1) is 5.02 Å². The maximum Gasteiger partial charge on any atom is 0.161 e. The van der Waals surface area contributed by atoms with Crippen molar-refractivity contribution < 1.29 is 0 Å². The molecule has 0 aliphatic heterocycles. The molecule has 2 rings (SSSR count). The van der Waals surface area contributed by atoms with Crippen LogP contribution in [-0.4, -0.2) is 16.5 Å². The summed E-state index contributed by atoms with van der Waals surface area (Å²) >= 11 is 9.50. The van der Waals surface area contributed by atoms with E-state index >= 15 is 0 Å². The van der Waals surface area contributed by atoms with E-state index in [4.69, 9.17) is 11.6 Å². The molecule has 0 unspecified atom stereocenters. The third-order valence-electron chi connectivity index (χ3n) is 2.91. The summed E-state index contributed by atoms with van der Waals surface area (Å²) in [4.78, 5) is 9.10. The number of halogens is 2. The minimum absolute atomic E-state index is 0.657. The topological polar surface area (TPSA) is 37.8 Å². The first kappa shape index (κ1) is 14.3. The van der Waals surface area contributed by atoms with E-state index in [1.165, 1.54) is 0 Å². The molecule has 1 aromatic heterocycles. The van der Waals surface area contributed by atoms with Crippen LogP contribution in [0.1, 0.15) is 18.2 Å². The molecule has 1 N–H and O–H groups in total. The first-order chi connectivity index (χ1) is 9.02. The van der Waals surface area contributed by atoms with Gasteiger partial charge in [0.2, 0.25) is 0 Å². The average Bonchev–Trinajstić information content (AvgIpc) is 2.38. The Balaban J connectivity index is 2.52. The van der Waals surface area contributed by atoms with Crippen LogP contribution in [0.3, 0.4) is 0 Å². The van der Waals surface area contributed by atoms with Crippen molar-refractivity contribution in [1.29, 1.82) is 0 Å². The zero-order chi connectivity index (χ0) is 14.0. The SMILES string of the molecule is CCNc1nc(-c2ccc(Br)c(Cl)c2)nc(C)c1C. The Morgan fingerprint density at radius 1 is 1.26 bits per heavy atom. The third kappa shape index (κ3) is 3.07. The van der Waals surface area contributed by atoms with E-state index in [-0.39, 0.29) is 0 Å². The average molecular weight is 341 g/mol. The van der Waals surface area contributed by atoms with Gasteiger partial charge in [0.15, 0.2) is 5.82 Å². The molecule has 0 fully saturated rings. The number of hydrogen-bond acceptors (Lipinski definition) is 3. The second kappa shape index (κ2) is 5.88. The predicted molar refractivity (Wildman–Crippen MR) is 83.8 cm³/mol. The van der Waals surface area contributed by atoms with Crippen molar-refractivity contribution in [1.82, 2.24) is 9.97 Å². The van der Waals surface area contributed by atoms with E-state index in [0.29, 0.717) is 10.8 Å². The van der Waals surface area contributed by atoms with Crippen LogP contribution < -0.4 is 5.32 Å². The molecule has 1 heterocycles. The quantitative estimate of drug-likeness (QED) is 0.886. The van der Waals surface area contributed by atoms with Crippen LogP contribution in [0, 0.1) is 13.8 Å². The molecule has 3 nitrogen and oxygen atoms in total. The standard InChI is InChI=1S/C14H15BrClN3/c1-4-17-13-8(2)9(3)18-14(19-13)10-5-6-11(15)12(16)7-10/h5-7H,4H2,1-3H3,(H,17,18,19). The maximum absolute atomic E-state index is 6.12. The Morgan fingerprint density at radius 2 is 2.00 bits per heavy atom. The largest absolute Gasteiger partial charge is 0.370 e. The molecular weight excluding hydrogens is 326 g/mol. The van der Waals surface area contributed by atoms with Gasteiger partial charge in [0, 0.05) is 27.8 Å². The second-order valence-electron chi connectivity index (χ2n) is 4.27. The summed E-state index contributed by atoms with van der Waals surface area (Å²) in [6.45, 7) is 6.89. The fourth-order valence-electron chi connectivity index (χ4n) is 1.73. The van der Waals surface area contributed by atoms with Gasteiger partial charge < -0.3 is 5.32 Å². The molecule has 1 aromatic carbocycles. The smallest absolute Gasteiger partial charge is 0.161 e. The van der Waals surface area contributed by atoms with Crippen LogP contribution >= 0.6 is 27.5 Å². The van der Waals surface area contributed by atoms with Crippen molar-refractivity contribution in [2.75, 3.05) is 11.9 Å². The van der Waals surface area contributed by atoms with Crippen molar-refractivity contribution in [2.45, 2.75) is 20.8 Å². The fraction of sp³-hybridized carbons (Fsp3) is 0.286. The van der Waals surface area contributed by atoms with Crippen molar-refractivity contribution in [3.8, 4) is 11.4 Å². The van der Waals surface area contributed by atoms with Crippen molar-refractivity contribution in [2.24, 2.45) is 0 Å². The molecule has 100 valence electrons. The first-order valence-electron chi connectivity index (χ1n) is 6.07. The molecule has 0 bridgehead atoms. The monoisotopic (exact) mass is 339 g/mol. The number of anilines is 1.